The van der Waals surface area contributed by atoms with Crippen LogP contribution in [0.3, 0.4) is 0 Å². The third kappa shape index (κ3) is 2.80. The summed E-state index contributed by atoms with van der Waals surface area (Å²) in [6.45, 7) is 0.640. The molecular formula is C12H14N6. The number of nitrogens with zero attached hydrogens (tertiary/aromatic N) is 3. The van der Waals surface area contributed by atoms with Crippen molar-refractivity contribution in [2.75, 3.05) is 5.73 Å². The van der Waals surface area contributed by atoms with Crippen LogP contribution in [-0.2, 0) is 6.54 Å². The second-order valence-electron chi connectivity index (χ2n) is 3.55. The number of imidazole rings is 1. The van der Waals surface area contributed by atoms with E-state index in [1.807, 2.05) is 30.3 Å². The summed E-state index contributed by atoms with van der Waals surface area (Å²) in [7, 11) is 0. The van der Waals surface area contributed by atoms with Crippen molar-refractivity contribution >= 4 is 17.0 Å². The highest BCUT2D eigenvalue weighted by molar-refractivity contribution is 5.80. The normalized spacial score (nSPS) is 9.83. The monoisotopic (exact) mass is 242 g/mol. The molecule has 3 aromatic rings. The molecule has 2 aromatic heterocycles. The molecule has 0 bridgehead atoms. The van der Waals surface area contributed by atoms with E-state index in [2.05, 4.69) is 19.9 Å². The Bertz CT molecular complexity index is 604. The van der Waals surface area contributed by atoms with Gasteiger partial charge in [-0.15, -0.1) is 0 Å². The van der Waals surface area contributed by atoms with E-state index in [9.17, 15) is 0 Å². The van der Waals surface area contributed by atoms with Gasteiger partial charge < -0.3 is 16.5 Å². The first-order chi connectivity index (χ1) is 8.81. The summed E-state index contributed by atoms with van der Waals surface area (Å²) in [6, 6.07) is 9.99. The number of hydrogen-bond donors (Lipinski definition) is 3. The number of nitrogens with one attached hydrogen (secondary N) is 1. The van der Waals surface area contributed by atoms with Gasteiger partial charge in [0.05, 0.1) is 6.33 Å². The van der Waals surface area contributed by atoms with E-state index >= 15 is 0 Å². The summed E-state index contributed by atoms with van der Waals surface area (Å²) in [4.78, 5) is 14.4. The first kappa shape index (κ1) is 12.0. The van der Waals surface area contributed by atoms with Crippen molar-refractivity contribution in [1.29, 1.82) is 0 Å². The van der Waals surface area contributed by atoms with Gasteiger partial charge in [0, 0.05) is 6.54 Å². The van der Waals surface area contributed by atoms with Crippen LogP contribution in [-0.4, -0.2) is 19.9 Å². The summed E-state index contributed by atoms with van der Waals surface area (Å²) in [6.07, 6.45) is 2.92. The van der Waals surface area contributed by atoms with E-state index in [0.717, 1.165) is 0 Å². The predicted octanol–water partition coefficient (Wildman–Crippen LogP) is 1.08. The molecule has 0 saturated heterocycles. The lowest BCUT2D eigenvalue weighted by molar-refractivity contribution is 1.07. The van der Waals surface area contributed by atoms with Crippen LogP contribution in [0, 0.1) is 0 Å². The molecule has 6 nitrogen and oxygen atoms in total. The lowest BCUT2D eigenvalue weighted by atomic mass is 10.2. The number of fused-ring (bicyclic) bond motifs is 1. The average Bonchev–Trinajstić information content (AvgIpc) is 2.90. The molecule has 6 heteroatoms. The van der Waals surface area contributed by atoms with E-state index in [1.54, 1.807) is 0 Å². The summed E-state index contributed by atoms with van der Waals surface area (Å²) in [5.74, 6) is 0.433. The molecule has 0 amide bonds. The fourth-order valence-electron chi connectivity index (χ4n) is 1.40. The number of anilines is 1. The molecule has 0 aliphatic rings. The third-order valence-corrected chi connectivity index (χ3v) is 2.33. The molecule has 0 saturated carbocycles. The number of rotatable bonds is 1. The molecule has 0 fully saturated rings. The quantitative estimate of drug-likeness (QED) is 0.592. The van der Waals surface area contributed by atoms with Crippen LogP contribution in [0.5, 0.6) is 0 Å². The molecule has 5 N–H and O–H groups in total. The number of H-pyrrole nitrogens is 1. The Morgan fingerprint density at radius 3 is 2.44 bits per heavy atom. The van der Waals surface area contributed by atoms with Gasteiger partial charge in [-0.2, -0.15) is 0 Å². The van der Waals surface area contributed by atoms with Crippen LogP contribution in [0.4, 0.5) is 5.82 Å². The SMILES string of the molecule is NCc1ccccc1.Nc1ncnc2nc[nH]c12. The van der Waals surface area contributed by atoms with Crippen molar-refractivity contribution in [2.24, 2.45) is 5.73 Å². The summed E-state index contributed by atoms with van der Waals surface area (Å²) >= 11 is 0. The van der Waals surface area contributed by atoms with Gasteiger partial charge in [0.15, 0.2) is 11.5 Å². The van der Waals surface area contributed by atoms with Gasteiger partial charge in [0.2, 0.25) is 0 Å². The minimum Gasteiger partial charge on any atom is -0.382 e. The van der Waals surface area contributed by atoms with Gasteiger partial charge >= 0.3 is 0 Å². The van der Waals surface area contributed by atoms with Gasteiger partial charge in [-0.25, -0.2) is 15.0 Å². The lowest BCUT2D eigenvalue weighted by Gasteiger charge is -1.90. The van der Waals surface area contributed by atoms with Crippen molar-refractivity contribution < 1.29 is 0 Å². The highest BCUT2D eigenvalue weighted by atomic mass is 15.0. The Morgan fingerprint density at radius 1 is 1.06 bits per heavy atom. The van der Waals surface area contributed by atoms with Crippen molar-refractivity contribution in [3.8, 4) is 0 Å². The highest BCUT2D eigenvalue weighted by Crippen LogP contribution is 2.09. The number of aromatic amines is 1. The van der Waals surface area contributed by atoms with Gasteiger partial charge in [0.1, 0.15) is 11.8 Å². The van der Waals surface area contributed by atoms with Crippen LogP contribution < -0.4 is 11.5 Å². The van der Waals surface area contributed by atoms with Gasteiger partial charge in [-0.1, -0.05) is 30.3 Å². The fourth-order valence-corrected chi connectivity index (χ4v) is 1.40. The van der Waals surface area contributed by atoms with E-state index in [1.165, 1.54) is 18.2 Å². The second kappa shape index (κ2) is 5.74. The first-order valence-electron chi connectivity index (χ1n) is 5.45. The third-order valence-electron chi connectivity index (χ3n) is 2.33. The number of benzene rings is 1. The van der Waals surface area contributed by atoms with Crippen LogP contribution in [0.2, 0.25) is 0 Å². The molecule has 0 radical (unpaired) electrons. The molecule has 3 rings (SSSR count). The maximum absolute atomic E-state index is 5.48. The average molecular weight is 242 g/mol. The van der Waals surface area contributed by atoms with E-state index in [0.29, 0.717) is 23.5 Å². The Morgan fingerprint density at radius 2 is 1.83 bits per heavy atom. The molecule has 0 aliphatic heterocycles. The molecule has 18 heavy (non-hydrogen) atoms. The maximum atomic E-state index is 5.48. The zero-order valence-corrected chi connectivity index (χ0v) is 9.74. The maximum Gasteiger partial charge on any atom is 0.182 e. The Balaban J connectivity index is 0.000000138. The molecular weight excluding hydrogens is 228 g/mol. The lowest BCUT2D eigenvalue weighted by Crippen LogP contribution is -1.94. The second-order valence-corrected chi connectivity index (χ2v) is 3.55. The first-order valence-corrected chi connectivity index (χ1v) is 5.45. The summed E-state index contributed by atoms with van der Waals surface area (Å²) < 4.78 is 0. The molecule has 0 atom stereocenters. The van der Waals surface area contributed by atoms with E-state index in [-0.39, 0.29) is 0 Å². The number of aromatic nitrogens is 4. The Kier molecular flexibility index (Phi) is 3.83. The van der Waals surface area contributed by atoms with Crippen molar-refractivity contribution in [2.45, 2.75) is 6.54 Å². The molecule has 0 spiro atoms. The molecule has 92 valence electrons. The predicted molar refractivity (Wildman–Crippen MR) is 70.4 cm³/mol. The van der Waals surface area contributed by atoms with Crippen LogP contribution in [0.1, 0.15) is 5.56 Å². The number of nitrogens with two attached hydrogens (primary N) is 2. The smallest absolute Gasteiger partial charge is 0.182 e. The minimum absolute atomic E-state index is 0.433. The Labute approximate surface area is 104 Å². The van der Waals surface area contributed by atoms with Gasteiger partial charge in [-0.3, -0.25) is 0 Å². The highest BCUT2D eigenvalue weighted by Gasteiger charge is 1.99. The largest absolute Gasteiger partial charge is 0.382 e. The zero-order valence-electron chi connectivity index (χ0n) is 9.74. The number of nitrogen functional groups attached to an aromatic ring is 1. The van der Waals surface area contributed by atoms with Crippen molar-refractivity contribution in [1.82, 2.24) is 19.9 Å². The Hall–Kier alpha value is -2.47. The molecule has 2 heterocycles. The van der Waals surface area contributed by atoms with Crippen LogP contribution in [0.25, 0.3) is 11.2 Å². The van der Waals surface area contributed by atoms with Crippen LogP contribution in [0.15, 0.2) is 43.0 Å². The zero-order chi connectivity index (χ0) is 12.8. The molecule has 1 aromatic carbocycles. The van der Waals surface area contributed by atoms with E-state index in [4.69, 9.17) is 11.5 Å². The van der Waals surface area contributed by atoms with Gasteiger partial charge in [-0.05, 0) is 5.56 Å². The molecule has 0 unspecified atom stereocenters. The fraction of sp³-hybridized carbons (Fsp3) is 0.0833. The summed E-state index contributed by atoms with van der Waals surface area (Å²) in [5, 5.41) is 0. The van der Waals surface area contributed by atoms with Crippen molar-refractivity contribution in [3.05, 3.63) is 48.5 Å². The molecule has 0 aliphatic carbocycles. The number of hydrogen-bond acceptors (Lipinski definition) is 5. The van der Waals surface area contributed by atoms with Gasteiger partial charge in [0.25, 0.3) is 0 Å². The topological polar surface area (TPSA) is 106 Å². The van der Waals surface area contributed by atoms with Crippen molar-refractivity contribution in [3.63, 3.8) is 0 Å². The minimum atomic E-state index is 0.433. The summed E-state index contributed by atoms with van der Waals surface area (Å²) in [5.41, 5.74) is 13.3. The van der Waals surface area contributed by atoms with Crippen LogP contribution >= 0.6 is 0 Å². The van der Waals surface area contributed by atoms with E-state index < -0.39 is 0 Å². The standard InChI is InChI=1S/C7H9N.C5H5N5/c8-6-7-4-2-1-3-5-7;6-4-3-5(9-1-7-3)10-2-8-4/h1-5H,6,8H2;1-2H,(H3,6,7,8,9,10).